The maximum Gasteiger partial charge on any atom is 0.326 e. The highest BCUT2D eigenvalue weighted by Crippen LogP contribution is 2.42. The van der Waals surface area contributed by atoms with Gasteiger partial charge in [0.25, 0.3) is 0 Å². The summed E-state index contributed by atoms with van der Waals surface area (Å²) in [4.78, 5) is 22.7. The van der Waals surface area contributed by atoms with E-state index in [1.54, 1.807) is 7.11 Å². The molecule has 0 radical (unpaired) electrons. The number of hydrogen-bond donors (Lipinski definition) is 3. The van der Waals surface area contributed by atoms with Crippen LogP contribution in [0.2, 0.25) is 0 Å². The molecule has 0 aliphatic heterocycles. The van der Waals surface area contributed by atoms with Crippen LogP contribution in [-0.2, 0) is 9.53 Å². The molecule has 1 fully saturated rings. The van der Waals surface area contributed by atoms with Gasteiger partial charge in [-0.05, 0) is 12.8 Å². The fourth-order valence-electron chi connectivity index (χ4n) is 2.28. The summed E-state index contributed by atoms with van der Waals surface area (Å²) in [7, 11) is 1.65. The van der Waals surface area contributed by atoms with Crippen LogP contribution in [0.5, 0.6) is 0 Å². The van der Waals surface area contributed by atoms with E-state index < -0.39 is 18.0 Å². The summed E-state index contributed by atoms with van der Waals surface area (Å²) in [6.07, 6.45) is 2.50. The average Bonchev–Trinajstić information content (AvgIpc) is 2.33. The predicted octanol–water partition coefficient (Wildman–Crippen LogP) is 1.13. The molecule has 3 unspecified atom stereocenters. The van der Waals surface area contributed by atoms with Crippen molar-refractivity contribution in [1.29, 1.82) is 0 Å². The highest BCUT2D eigenvalue weighted by atomic mass is 16.5. The quantitative estimate of drug-likeness (QED) is 0.631. The number of carbonyl (C=O) groups is 2. The standard InChI is InChI=1S/C13H22N2O4/c1-5-6-8(11(16)17)14-12(18)15-9-7-10(19-4)13(9,2)3/h5,8-10H,1,6-7H2,2-4H3,(H,16,17)(H2,14,15,18). The van der Waals surface area contributed by atoms with Crippen LogP contribution in [0.25, 0.3) is 0 Å². The first-order chi connectivity index (χ1) is 8.82. The summed E-state index contributed by atoms with van der Waals surface area (Å²) >= 11 is 0. The lowest BCUT2D eigenvalue weighted by Crippen LogP contribution is -2.63. The van der Waals surface area contributed by atoms with Crippen LogP contribution >= 0.6 is 0 Å². The molecule has 1 aliphatic rings. The molecule has 108 valence electrons. The minimum Gasteiger partial charge on any atom is -0.480 e. The number of carboxylic acids is 1. The van der Waals surface area contributed by atoms with Crippen LogP contribution in [0.3, 0.4) is 0 Å². The first-order valence-corrected chi connectivity index (χ1v) is 6.26. The number of carboxylic acid groups (broad SMARTS) is 1. The van der Waals surface area contributed by atoms with Crippen molar-refractivity contribution in [3.8, 4) is 0 Å². The zero-order valence-corrected chi connectivity index (χ0v) is 11.6. The maximum absolute atomic E-state index is 11.8. The van der Waals surface area contributed by atoms with Crippen molar-refractivity contribution in [3.05, 3.63) is 12.7 Å². The summed E-state index contributed by atoms with van der Waals surface area (Å²) in [5.41, 5.74) is -0.150. The highest BCUT2D eigenvalue weighted by Gasteiger charge is 2.49. The Bertz CT molecular complexity index is 368. The average molecular weight is 270 g/mol. The molecule has 1 rings (SSSR count). The minimum absolute atomic E-state index is 0.0179. The maximum atomic E-state index is 11.8. The Kier molecular flexibility index (Phi) is 4.94. The van der Waals surface area contributed by atoms with E-state index in [-0.39, 0.29) is 24.0 Å². The fourth-order valence-corrected chi connectivity index (χ4v) is 2.28. The molecule has 1 saturated carbocycles. The summed E-state index contributed by atoms with van der Waals surface area (Å²) < 4.78 is 5.29. The van der Waals surface area contributed by atoms with Crippen LogP contribution in [0, 0.1) is 5.41 Å². The Hall–Kier alpha value is -1.56. The fraction of sp³-hybridized carbons (Fsp3) is 0.692. The van der Waals surface area contributed by atoms with E-state index >= 15 is 0 Å². The molecule has 0 bridgehead atoms. The van der Waals surface area contributed by atoms with Crippen LogP contribution in [-0.4, -0.2) is 42.4 Å². The molecule has 0 aromatic rings. The first kappa shape index (κ1) is 15.5. The van der Waals surface area contributed by atoms with Gasteiger partial charge in [-0.1, -0.05) is 19.9 Å². The van der Waals surface area contributed by atoms with Crippen molar-refractivity contribution in [2.45, 2.75) is 44.9 Å². The second-order valence-electron chi connectivity index (χ2n) is 5.37. The van der Waals surface area contributed by atoms with Crippen molar-refractivity contribution in [3.63, 3.8) is 0 Å². The third kappa shape index (κ3) is 3.47. The van der Waals surface area contributed by atoms with Gasteiger partial charge in [0, 0.05) is 18.6 Å². The zero-order chi connectivity index (χ0) is 14.6. The van der Waals surface area contributed by atoms with Gasteiger partial charge in [-0.2, -0.15) is 0 Å². The Morgan fingerprint density at radius 2 is 2.21 bits per heavy atom. The molecule has 1 aliphatic carbocycles. The Balaban J connectivity index is 2.48. The van der Waals surface area contributed by atoms with E-state index in [1.165, 1.54) is 6.08 Å². The van der Waals surface area contributed by atoms with Gasteiger partial charge in [0.2, 0.25) is 0 Å². The number of carbonyl (C=O) groups excluding carboxylic acids is 1. The van der Waals surface area contributed by atoms with Gasteiger partial charge in [-0.15, -0.1) is 6.58 Å². The predicted molar refractivity (Wildman–Crippen MR) is 70.9 cm³/mol. The second kappa shape index (κ2) is 6.06. The third-order valence-corrected chi connectivity index (χ3v) is 3.77. The van der Waals surface area contributed by atoms with Gasteiger partial charge in [0.15, 0.2) is 0 Å². The number of hydrogen-bond acceptors (Lipinski definition) is 3. The summed E-state index contributed by atoms with van der Waals surface area (Å²) in [5, 5.41) is 14.1. The monoisotopic (exact) mass is 270 g/mol. The number of urea groups is 1. The highest BCUT2D eigenvalue weighted by molar-refractivity contribution is 5.82. The number of nitrogens with one attached hydrogen (secondary N) is 2. The Labute approximate surface area is 113 Å². The van der Waals surface area contributed by atoms with Gasteiger partial charge >= 0.3 is 12.0 Å². The van der Waals surface area contributed by atoms with Crippen molar-refractivity contribution >= 4 is 12.0 Å². The summed E-state index contributed by atoms with van der Waals surface area (Å²) in [5.74, 6) is -1.07. The lowest BCUT2D eigenvalue weighted by Gasteiger charge is -2.51. The van der Waals surface area contributed by atoms with Crippen LogP contribution in [0.1, 0.15) is 26.7 Å². The van der Waals surface area contributed by atoms with Crippen molar-refractivity contribution in [2.24, 2.45) is 5.41 Å². The van der Waals surface area contributed by atoms with E-state index in [4.69, 9.17) is 9.84 Å². The third-order valence-electron chi connectivity index (χ3n) is 3.77. The topological polar surface area (TPSA) is 87.7 Å². The van der Waals surface area contributed by atoms with E-state index in [9.17, 15) is 9.59 Å². The lowest BCUT2D eigenvalue weighted by molar-refractivity contribution is -0.139. The smallest absolute Gasteiger partial charge is 0.326 e. The van der Waals surface area contributed by atoms with Crippen molar-refractivity contribution < 1.29 is 19.4 Å². The van der Waals surface area contributed by atoms with Gasteiger partial charge in [-0.3, -0.25) is 0 Å². The molecule has 2 amide bonds. The molecule has 0 saturated heterocycles. The van der Waals surface area contributed by atoms with Crippen LogP contribution < -0.4 is 10.6 Å². The molecule has 3 atom stereocenters. The molecule has 0 spiro atoms. The van der Waals surface area contributed by atoms with Crippen LogP contribution in [0.15, 0.2) is 12.7 Å². The number of rotatable bonds is 6. The SMILES string of the molecule is C=CCC(NC(=O)NC1CC(OC)C1(C)C)C(=O)O. The van der Waals surface area contributed by atoms with Gasteiger partial charge in [-0.25, -0.2) is 9.59 Å². The van der Waals surface area contributed by atoms with Crippen molar-refractivity contribution in [1.82, 2.24) is 10.6 Å². The molecule has 19 heavy (non-hydrogen) atoms. The summed E-state index contributed by atoms with van der Waals surface area (Å²) in [6.45, 7) is 7.49. The zero-order valence-electron chi connectivity index (χ0n) is 11.6. The lowest BCUT2D eigenvalue weighted by atomic mass is 9.64. The summed E-state index contributed by atoms with van der Waals surface area (Å²) in [6, 6.07) is -1.43. The Morgan fingerprint density at radius 1 is 1.58 bits per heavy atom. The second-order valence-corrected chi connectivity index (χ2v) is 5.37. The van der Waals surface area contributed by atoms with Crippen LogP contribution in [0.4, 0.5) is 4.79 Å². The molecule has 0 aromatic heterocycles. The number of aliphatic carboxylic acids is 1. The first-order valence-electron chi connectivity index (χ1n) is 6.26. The van der Waals surface area contributed by atoms with E-state index in [1.807, 2.05) is 13.8 Å². The molecule has 0 aromatic carbocycles. The normalized spacial score (nSPS) is 25.8. The van der Waals surface area contributed by atoms with E-state index in [0.29, 0.717) is 0 Å². The Morgan fingerprint density at radius 3 is 2.63 bits per heavy atom. The molecule has 6 nitrogen and oxygen atoms in total. The number of amides is 2. The molecule has 3 N–H and O–H groups in total. The number of ether oxygens (including phenoxy) is 1. The molecular formula is C13H22N2O4. The molecule has 6 heteroatoms. The van der Waals surface area contributed by atoms with Gasteiger partial charge < -0.3 is 20.5 Å². The minimum atomic E-state index is -1.07. The molecule has 0 heterocycles. The van der Waals surface area contributed by atoms with Gasteiger partial charge in [0.05, 0.1) is 6.10 Å². The number of methoxy groups -OCH3 is 1. The van der Waals surface area contributed by atoms with Crippen molar-refractivity contribution in [2.75, 3.05) is 7.11 Å². The van der Waals surface area contributed by atoms with E-state index in [0.717, 1.165) is 6.42 Å². The molecular weight excluding hydrogens is 248 g/mol. The largest absolute Gasteiger partial charge is 0.480 e. The van der Waals surface area contributed by atoms with E-state index in [2.05, 4.69) is 17.2 Å². The van der Waals surface area contributed by atoms with Gasteiger partial charge in [0.1, 0.15) is 6.04 Å².